The van der Waals surface area contributed by atoms with Gasteiger partial charge in [0, 0.05) is 19.3 Å². The first-order valence-corrected chi connectivity index (χ1v) is 5.73. The van der Waals surface area contributed by atoms with Crippen molar-refractivity contribution >= 4 is 27.8 Å². The molecule has 86 valence electrons. The Morgan fingerprint density at radius 1 is 1.50 bits per heavy atom. The maximum Gasteiger partial charge on any atom is 0.294 e. The normalized spacial score (nSPS) is 15.2. The van der Waals surface area contributed by atoms with Crippen molar-refractivity contribution in [3.8, 4) is 0 Å². The second kappa shape index (κ2) is 4.75. The largest absolute Gasteiger partial charge is 0.341 e. The number of anilines is 1. The van der Waals surface area contributed by atoms with Crippen molar-refractivity contribution in [1.82, 2.24) is 15.4 Å². The van der Waals surface area contributed by atoms with Crippen LogP contribution in [0.2, 0.25) is 0 Å². The van der Waals surface area contributed by atoms with Gasteiger partial charge in [-0.15, -0.1) is 0 Å². The molecule has 0 unspecified atom stereocenters. The third kappa shape index (κ3) is 2.14. The van der Waals surface area contributed by atoms with E-state index in [1.54, 1.807) is 5.48 Å². The van der Waals surface area contributed by atoms with Gasteiger partial charge in [0.2, 0.25) is 5.95 Å². The Labute approximate surface area is 101 Å². The number of hydroxylamine groups is 1. The van der Waals surface area contributed by atoms with Crippen molar-refractivity contribution in [3.63, 3.8) is 0 Å². The van der Waals surface area contributed by atoms with E-state index in [9.17, 15) is 4.79 Å². The molecule has 0 saturated carbocycles. The molecule has 2 N–H and O–H groups in total. The second-order valence-corrected chi connectivity index (χ2v) is 4.36. The number of carbonyl (C=O) groups excluding carboxylic acids is 1. The zero-order chi connectivity index (χ0) is 11.5. The standard InChI is InChI=1S/C9H11BrN4O2/c10-6-5-11-9(14-3-1-2-4-14)12-7(6)8(15)13-16/h5,16H,1-4H2,(H,13,15). The SMILES string of the molecule is O=C(NO)c1nc(N2CCCC2)ncc1Br. The number of carbonyl (C=O) groups is 1. The molecule has 1 fully saturated rings. The maximum absolute atomic E-state index is 11.3. The molecule has 1 amide bonds. The van der Waals surface area contributed by atoms with Gasteiger partial charge in [-0.1, -0.05) is 0 Å². The zero-order valence-corrected chi connectivity index (χ0v) is 10.1. The lowest BCUT2D eigenvalue weighted by Gasteiger charge is -2.15. The quantitative estimate of drug-likeness (QED) is 0.625. The van der Waals surface area contributed by atoms with E-state index in [2.05, 4.69) is 25.9 Å². The Morgan fingerprint density at radius 2 is 2.19 bits per heavy atom. The molecular weight excluding hydrogens is 276 g/mol. The monoisotopic (exact) mass is 286 g/mol. The minimum atomic E-state index is -0.644. The van der Waals surface area contributed by atoms with Gasteiger partial charge in [0.1, 0.15) is 5.69 Å². The van der Waals surface area contributed by atoms with Crippen molar-refractivity contribution < 1.29 is 10.0 Å². The van der Waals surface area contributed by atoms with Crippen LogP contribution in [-0.4, -0.2) is 34.2 Å². The highest BCUT2D eigenvalue weighted by Gasteiger charge is 2.18. The van der Waals surface area contributed by atoms with Crippen LogP contribution in [0.4, 0.5) is 5.95 Å². The van der Waals surface area contributed by atoms with E-state index in [1.165, 1.54) is 6.20 Å². The number of hydrogen-bond donors (Lipinski definition) is 2. The van der Waals surface area contributed by atoms with Crippen molar-refractivity contribution in [3.05, 3.63) is 16.4 Å². The minimum absolute atomic E-state index is 0.138. The molecule has 1 aliphatic rings. The first kappa shape index (κ1) is 11.3. The highest BCUT2D eigenvalue weighted by atomic mass is 79.9. The molecule has 2 rings (SSSR count). The summed E-state index contributed by atoms with van der Waals surface area (Å²) >= 11 is 3.16. The number of nitrogens with zero attached hydrogens (tertiary/aromatic N) is 3. The van der Waals surface area contributed by atoms with E-state index in [-0.39, 0.29) is 5.69 Å². The Hall–Kier alpha value is -1.21. The molecule has 6 nitrogen and oxygen atoms in total. The van der Waals surface area contributed by atoms with Crippen LogP contribution in [0.15, 0.2) is 10.7 Å². The summed E-state index contributed by atoms with van der Waals surface area (Å²) in [5, 5.41) is 8.57. The van der Waals surface area contributed by atoms with Gasteiger partial charge in [-0.2, -0.15) is 0 Å². The number of aromatic nitrogens is 2. The highest BCUT2D eigenvalue weighted by molar-refractivity contribution is 9.10. The van der Waals surface area contributed by atoms with E-state index in [1.807, 2.05) is 4.90 Å². The first-order chi connectivity index (χ1) is 7.72. The summed E-state index contributed by atoms with van der Waals surface area (Å²) in [5.74, 6) is -0.117. The Kier molecular flexibility index (Phi) is 3.35. The van der Waals surface area contributed by atoms with Crippen molar-refractivity contribution in [2.75, 3.05) is 18.0 Å². The Bertz CT molecular complexity index is 406. The van der Waals surface area contributed by atoms with Crippen molar-refractivity contribution in [2.45, 2.75) is 12.8 Å². The van der Waals surface area contributed by atoms with E-state index < -0.39 is 5.91 Å². The van der Waals surface area contributed by atoms with Crippen LogP contribution in [0.25, 0.3) is 0 Å². The van der Waals surface area contributed by atoms with Gasteiger partial charge in [0.25, 0.3) is 5.91 Å². The fraction of sp³-hybridized carbons (Fsp3) is 0.444. The molecule has 1 aromatic heterocycles. The van der Waals surface area contributed by atoms with Gasteiger partial charge in [0.15, 0.2) is 0 Å². The smallest absolute Gasteiger partial charge is 0.294 e. The molecule has 7 heteroatoms. The summed E-state index contributed by atoms with van der Waals surface area (Å²) in [6, 6.07) is 0. The summed E-state index contributed by atoms with van der Waals surface area (Å²) in [6.07, 6.45) is 3.74. The third-order valence-electron chi connectivity index (χ3n) is 2.44. The lowest BCUT2D eigenvalue weighted by Crippen LogP contribution is -2.25. The van der Waals surface area contributed by atoms with E-state index in [0.717, 1.165) is 25.9 Å². The zero-order valence-electron chi connectivity index (χ0n) is 8.48. The van der Waals surface area contributed by atoms with Crippen LogP contribution in [-0.2, 0) is 0 Å². The summed E-state index contributed by atoms with van der Waals surface area (Å²) < 4.78 is 0.460. The average molecular weight is 287 g/mol. The van der Waals surface area contributed by atoms with Gasteiger partial charge in [-0.05, 0) is 28.8 Å². The van der Waals surface area contributed by atoms with Gasteiger partial charge < -0.3 is 4.90 Å². The second-order valence-electron chi connectivity index (χ2n) is 3.50. The molecule has 0 aliphatic carbocycles. The number of halogens is 1. The van der Waals surface area contributed by atoms with Gasteiger partial charge in [0.05, 0.1) is 4.47 Å². The molecule has 0 aromatic carbocycles. The fourth-order valence-corrected chi connectivity index (χ4v) is 2.01. The van der Waals surface area contributed by atoms with Crippen molar-refractivity contribution in [1.29, 1.82) is 0 Å². The first-order valence-electron chi connectivity index (χ1n) is 4.94. The number of amides is 1. The maximum atomic E-state index is 11.3. The topological polar surface area (TPSA) is 78.3 Å². The predicted octanol–water partition coefficient (Wildman–Crippen LogP) is 0.958. The lowest BCUT2D eigenvalue weighted by atomic mass is 10.4. The summed E-state index contributed by atoms with van der Waals surface area (Å²) in [5.41, 5.74) is 1.70. The van der Waals surface area contributed by atoms with Crippen LogP contribution < -0.4 is 10.4 Å². The van der Waals surface area contributed by atoms with Gasteiger partial charge in [-0.3, -0.25) is 10.0 Å². The Morgan fingerprint density at radius 3 is 2.81 bits per heavy atom. The van der Waals surface area contributed by atoms with Crippen molar-refractivity contribution in [2.24, 2.45) is 0 Å². The predicted molar refractivity (Wildman–Crippen MR) is 60.4 cm³/mol. The highest BCUT2D eigenvalue weighted by Crippen LogP contribution is 2.19. The van der Waals surface area contributed by atoms with Crippen LogP contribution >= 0.6 is 15.9 Å². The summed E-state index contributed by atoms with van der Waals surface area (Å²) in [6.45, 7) is 1.81. The van der Waals surface area contributed by atoms with E-state index >= 15 is 0 Å². The average Bonchev–Trinajstić information content (AvgIpc) is 2.82. The molecule has 0 atom stereocenters. The van der Waals surface area contributed by atoms with Crippen LogP contribution in [0.1, 0.15) is 23.3 Å². The van der Waals surface area contributed by atoms with Gasteiger partial charge in [-0.25, -0.2) is 15.4 Å². The van der Waals surface area contributed by atoms with E-state index in [4.69, 9.17) is 5.21 Å². The number of rotatable bonds is 2. The van der Waals surface area contributed by atoms with E-state index in [0.29, 0.717) is 10.4 Å². The fourth-order valence-electron chi connectivity index (χ4n) is 1.64. The Balaban J connectivity index is 2.30. The van der Waals surface area contributed by atoms with Crippen LogP contribution in [0.3, 0.4) is 0 Å². The summed E-state index contributed by atoms with van der Waals surface area (Å²) in [7, 11) is 0. The molecule has 0 radical (unpaired) electrons. The molecule has 1 saturated heterocycles. The molecule has 1 aliphatic heterocycles. The lowest BCUT2D eigenvalue weighted by molar-refractivity contribution is 0.0699. The summed E-state index contributed by atoms with van der Waals surface area (Å²) in [4.78, 5) is 21.6. The van der Waals surface area contributed by atoms with Crippen LogP contribution in [0, 0.1) is 0 Å². The van der Waals surface area contributed by atoms with Crippen LogP contribution in [0.5, 0.6) is 0 Å². The molecule has 2 heterocycles. The molecule has 1 aromatic rings. The molecule has 0 bridgehead atoms. The number of nitrogens with one attached hydrogen (secondary N) is 1. The molecule has 0 spiro atoms. The third-order valence-corrected chi connectivity index (χ3v) is 3.02. The number of hydrogen-bond acceptors (Lipinski definition) is 5. The molecular formula is C9H11BrN4O2. The van der Waals surface area contributed by atoms with Gasteiger partial charge >= 0.3 is 0 Å². The minimum Gasteiger partial charge on any atom is -0.341 e. The molecule has 16 heavy (non-hydrogen) atoms.